The lowest BCUT2D eigenvalue weighted by Gasteiger charge is -2.13. The van der Waals surface area contributed by atoms with E-state index in [1.807, 2.05) is 32.0 Å². The maximum atomic E-state index is 12.1. The Labute approximate surface area is 123 Å². The van der Waals surface area contributed by atoms with Gasteiger partial charge in [-0.1, -0.05) is 25.1 Å². The van der Waals surface area contributed by atoms with Crippen molar-refractivity contribution in [3.8, 4) is 0 Å². The van der Waals surface area contributed by atoms with Gasteiger partial charge in [-0.25, -0.2) is 0 Å². The fraction of sp³-hybridized carbons (Fsp3) is 0.400. The maximum Gasteiger partial charge on any atom is 0.253 e. The number of anilines is 1. The molecule has 1 atom stereocenters. The van der Waals surface area contributed by atoms with Crippen LogP contribution in [0.5, 0.6) is 0 Å². The van der Waals surface area contributed by atoms with Crippen molar-refractivity contribution < 1.29 is 14.4 Å². The number of carbonyl (C=O) groups is 3. The highest BCUT2D eigenvalue weighted by Crippen LogP contribution is 2.22. The van der Waals surface area contributed by atoms with Crippen molar-refractivity contribution in [2.45, 2.75) is 26.7 Å². The second kappa shape index (κ2) is 5.95. The minimum absolute atomic E-state index is 0.146. The van der Waals surface area contributed by atoms with Gasteiger partial charge in [-0.15, -0.1) is 0 Å². The number of hydrogen-bond donors (Lipinski definition) is 2. The zero-order chi connectivity index (χ0) is 15.6. The summed E-state index contributed by atoms with van der Waals surface area (Å²) in [5.74, 6) is -2.08. The van der Waals surface area contributed by atoms with Crippen LogP contribution in [0.2, 0.25) is 0 Å². The Kier molecular flexibility index (Phi) is 4.26. The third-order valence-corrected chi connectivity index (χ3v) is 3.62. The van der Waals surface area contributed by atoms with E-state index in [0.29, 0.717) is 0 Å². The molecule has 1 fully saturated rings. The molecule has 1 aromatic rings. The van der Waals surface area contributed by atoms with E-state index in [9.17, 15) is 14.4 Å². The number of aryl methyl sites for hydroxylation is 2. The molecule has 0 aliphatic carbocycles. The number of nitrogens with zero attached hydrogens (tertiary/aromatic N) is 1. The van der Waals surface area contributed by atoms with E-state index in [1.165, 1.54) is 7.05 Å². The van der Waals surface area contributed by atoms with Gasteiger partial charge in [0.05, 0.1) is 0 Å². The summed E-state index contributed by atoms with van der Waals surface area (Å²) in [4.78, 5) is 35.5. The highest BCUT2D eigenvalue weighted by molar-refractivity contribution is 6.09. The number of hydrogen-bond acceptors (Lipinski definition) is 3. The Morgan fingerprint density at radius 2 is 2.10 bits per heavy atom. The molecule has 0 aromatic heterocycles. The predicted molar refractivity (Wildman–Crippen MR) is 78.2 cm³/mol. The third kappa shape index (κ3) is 3.04. The van der Waals surface area contributed by atoms with Gasteiger partial charge in [0, 0.05) is 19.2 Å². The molecule has 1 saturated heterocycles. The summed E-state index contributed by atoms with van der Waals surface area (Å²) in [6, 6.07) is 5.80. The Morgan fingerprint density at radius 1 is 1.38 bits per heavy atom. The molecule has 21 heavy (non-hydrogen) atoms. The molecule has 0 radical (unpaired) electrons. The van der Waals surface area contributed by atoms with Crippen LogP contribution < -0.4 is 10.7 Å². The van der Waals surface area contributed by atoms with Crippen molar-refractivity contribution in [1.29, 1.82) is 0 Å². The topological polar surface area (TPSA) is 78.5 Å². The summed E-state index contributed by atoms with van der Waals surface area (Å²) < 4.78 is 0. The van der Waals surface area contributed by atoms with Crippen molar-refractivity contribution in [2.24, 2.45) is 5.92 Å². The van der Waals surface area contributed by atoms with Crippen LogP contribution in [0, 0.1) is 12.8 Å². The molecule has 6 heteroatoms. The quantitative estimate of drug-likeness (QED) is 0.812. The molecule has 1 unspecified atom stereocenters. The molecule has 0 spiro atoms. The van der Waals surface area contributed by atoms with Crippen molar-refractivity contribution in [2.75, 3.05) is 12.4 Å². The standard InChI is InChI=1S/C15H19N3O3/c1-4-10-7-5-6-9(2)13(10)16-12(19)8-11-14(20)17-18(3)15(11)21/h5-7,11H,4,8H2,1-3H3,(H,16,19)(H,17,20). The first kappa shape index (κ1) is 15.0. The Bertz CT molecular complexity index is 598. The normalized spacial score (nSPS) is 17.9. The van der Waals surface area contributed by atoms with Gasteiger partial charge in [-0.2, -0.15) is 0 Å². The van der Waals surface area contributed by atoms with Gasteiger partial charge in [0.25, 0.3) is 11.8 Å². The van der Waals surface area contributed by atoms with E-state index < -0.39 is 11.8 Å². The van der Waals surface area contributed by atoms with E-state index in [2.05, 4.69) is 10.7 Å². The van der Waals surface area contributed by atoms with Gasteiger partial charge < -0.3 is 5.32 Å². The summed E-state index contributed by atoms with van der Waals surface area (Å²) in [6.07, 6.45) is 0.648. The number of hydrazine groups is 1. The summed E-state index contributed by atoms with van der Waals surface area (Å²) in [7, 11) is 1.47. The molecule has 0 saturated carbocycles. The van der Waals surface area contributed by atoms with Crippen molar-refractivity contribution in [3.05, 3.63) is 29.3 Å². The van der Waals surface area contributed by atoms with Crippen LogP contribution in [0.1, 0.15) is 24.5 Å². The van der Waals surface area contributed by atoms with Gasteiger partial charge in [0.15, 0.2) is 0 Å². The molecule has 1 aromatic carbocycles. The number of amides is 3. The van der Waals surface area contributed by atoms with Crippen LogP contribution in [-0.4, -0.2) is 29.8 Å². The summed E-state index contributed by atoms with van der Waals surface area (Å²) in [5.41, 5.74) is 5.14. The van der Waals surface area contributed by atoms with Crippen molar-refractivity contribution in [1.82, 2.24) is 10.4 Å². The van der Waals surface area contributed by atoms with E-state index in [1.54, 1.807) is 0 Å². The second-order valence-electron chi connectivity index (χ2n) is 5.14. The lowest BCUT2D eigenvalue weighted by Crippen LogP contribution is -2.31. The lowest BCUT2D eigenvalue weighted by molar-refractivity contribution is -0.134. The number of nitrogens with one attached hydrogen (secondary N) is 2. The number of benzene rings is 1. The second-order valence-corrected chi connectivity index (χ2v) is 5.14. The molecular weight excluding hydrogens is 270 g/mol. The van der Waals surface area contributed by atoms with Crippen molar-refractivity contribution >= 4 is 23.4 Å². The van der Waals surface area contributed by atoms with E-state index in [0.717, 1.165) is 28.2 Å². The Balaban J connectivity index is 2.09. The first-order chi connectivity index (χ1) is 9.93. The maximum absolute atomic E-state index is 12.1. The van der Waals surface area contributed by atoms with E-state index >= 15 is 0 Å². The van der Waals surface area contributed by atoms with Gasteiger partial charge in [-0.3, -0.25) is 24.8 Å². The average Bonchev–Trinajstić information content (AvgIpc) is 2.67. The molecule has 0 bridgehead atoms. The SMILES string of the molecule is CCc1cccc(C)c1NC(=O)CC1C(=O)NN(C)C1=O. The smallest absolute Gasteiger partial charge is 0.253 e. The van der Waals surface area contributed by atoms with Crippen LogP contribution in [0.15, 0.2) is 18.2 Å². The van der Waals surface area contributed by atoms with Crippen molar-refractivity contribution in [3.63, 3.8) is 0 Å². The third-order valence-electron chi connectivity index (χ3n) is 3.62. The Morgan fingerprint density at radius 3 is 2.67 bits per heavy atom. The number of para-hydroxylation sites is 1. The van der Waals surface area contributed by atoms with Gasteiger partial charge in [0.2, 0.25) is 5.91 Å². The summed E-state index contributed by atoms with van der Waals surface area (Å²) in [6.45, 7) is 3.92. The summed E-state index contributed by atoms with van der Waals surface area (Å²) in [5, 5.41) is 3.94. The largest absolute Gasteiger partial charge is 0.326 e. The van der Waals surface area contributed by atoms with Gasteiger partial charge >= 0.3 is 0 Å². The van der Waals surface area contributed by atoms with Crippen LogP contribution in [0.4, 0.5) is 5.69 Å². The fourth-order valence-corrected chi connectivity index (χ4v) is 2.40. The van der Waals surface area contributed by atoms with Crippen LogP contribution in [-0.2, 0) is 20.8 Å². The van der Waals surface area contributed by atoms with Crippen LogP contribution in [0.3, 0.4) is 0 Å². The van der Waals surface area contributed by atoms with Crippen LogP contribution in [0.25, 0.3) is 0 Å². The summed E-state index contributed by atoms with van der Waals surface area (Å²) >= 11 is 0. The van der Waals surface area contributed by atoms with Gasteiger partial charge in [0.1, 0.15) is 5.92 Å². The first-order valence-corrected chi connectivity index (χ1v) is 6.90. The Hall–Kier alpha value is -2.37. The predicted octanol–water partition coefficient (Wildman–Crippen LogP) is 1.01. The minimum Gasteiger partial charge on any atom is -0.326 e. The van der Waals surface area contributed by atoms with E-state index in [-0.39, 0.29) is 18.2 Å². The molecular formula is C15H19N3O3. The fourth-order valence-electron chi connectivity index (χ4n) is 2.40. The average molecular weight is 289 g/mol. The minimum atomic E-state index is -0.941. The monoisotopic (exact) mass is 289 g/mol. The molecule has 6 nitrogen and oxygen atoms in total. The van der Waals surface area contributed by atoms with E-state index in [4.69, 9.17) is 0 Å². The number of rotatable bonds is 4. The molecule has 1 aliphatic heterocycles. The molecule has 3 amide bonds. The zero-order valence-electron chi connectivity index (χ0n) is 12.4. The molecule has 112 valence electrons. The van der Waals surface area contributed by atoms with Gasteiger partial charge in [-0.05, 0) is 24.5 Å². The molecule has 2 rings (SSSR count). The van der Waals surface area contributed by atoms with Crippen LogP contribution >= 0.6 is 0 Å². The molecule has 1 aliphatic rings. The zero-order valence-corrected chi connectivity index (χ0v) is 12.4. The first-order valence-electron chi connectivity index (χ1n) is 6.90. The highest BCUT2D eigenvalue weighted by Gasteiger charge is 2.38. The lowest BCUT2D eigenvalue weighted by atomic mass is 10.0. The molecule has 2 N–H and O–H groups in total. The number of carbonyl (C=O) groups excluding carboxylic acids is 3. The molecule has 1 heterocycles. The highest BCUT2D eigenvalue weighted by atomic mass is 16.2.